The number of carbonyl (C=O) groups is 1. The Kier molecular flexibility index (Phi) is 6.22. The molecule has 1 saturated heterocycles. The van der Waals surface area contributed by atoms with Crippen LogP contribution in [-0.4, -0.2) is 37.0 Å². The van der Waals surface area contributed by atoms with Crippen LogP contribution in [0, 0.1) is 5.92 Å². The Bertz CT molecular complexity index is 739. The van der Waals surface area contributed by atoms with Crippen molar-refractivity contribution in [3.05, 3.63) is 57.8 Å². The Balaban J connectivity index is 1.37. The van der Waals surface area contributed by atoms with Crippen LogP contribution < -0.4 is 10.6 Å². The van der Waals surface area contributed by atoms with E-state index >= 15 is 0 Å². The summed E-state index contributed by atoms with van der Waals surface area (Å²) in [7, 11) is 0. The maximum atomic E-state index is 12.4. The van der Waals surface area contributed by atoms with Crippen molar-refractivity contribution in [1.82, 2.24) is 15.5 Å². The Morgan fingerprint density at radius 3 is 3.00 bits per heavy atom. The summed E-state index contributed by atoms with van der Waals surface area (Å²) >= 11 is 1.87. The molecule has 4 nitrogen and oxygen atoms in total. The van der Waals surface area contributed by atoms with Gasteiger partial charge in [0.25, 0.3) is 0 Å². The third kappa shape index (κ3) is 4.78. The SMILES string of the molecule is O=C(CCC1CCNC1)NCC(c1ccccc1)N1CCc2sccc2C1. The lowest BCUT2D eigenvalue weighted by molar-refractivity contribution is -0.121. The van der Waals surface area contributed by atoms with Gasteiger partial charge in [-0.15, -0.1) is 11.3 Å². The standard InChI is InChI=1S/C22H29N3OS/c26-22(7-6-17-8-11-23-14-17)24-15-20(18-4-2-1-3-5-18)25-12-9-21-19(16-25)10-13-27-21/h1-5,10,13,17,20,23H,6-9,11-12,14-16H2,(H,24,26). The van der Waals surface area contributed by atoms with E-state index in [1.807, 2.05) is 11.3 Å². The number of rotatable bonds is 7. The Morgan fingerprint density at radius 2 is 2.19 bits per heavy atom. The van der Waals surface area contributed by atoms with E-state index in [-0.39, 0.29) is 11.9 Å². The van der Waals surface area contributed by atoms with Gasteiger partial charge in [0.1, 0.15) is 0 Å². The van der Waals surface area contributed by atoms with Gasteiger partial charge < -0.3 is 10.6 Å². The lowest BCUT2D eigenvalue weighted by Gasteiger charge is -2.35. The van der Waals surface area contributed by atoms with Crippen molar-refractivity contribution >= 4 is 17.2 Å². The van der Waals surface area contributed by atoms with Crippen LogP contribution in [0.15, 0.2) is 41.8 Å². The molecule has 2 unspecified atom stereocenters. The highest BCUT2D eigenvalue weighted by Crippen LogP contribution is 2.30. The molecule has 3 heterocycles. The van der Waals surface area contributed by atoms with Gasteiger partial charge >= 0.3 is 0 Å². The Hall–Kier alpha value is -1.69. The van der Waals surface area contributed by atoms with Crippen molar-refractivity contribution in [2.75, 3.05) is 26.2 Å². The van der Waals surface area contributed by atoms with E-state index in [1.54, 1.807) is 0 Å². The van der Waals surface area contributed by atoms with Gasteiger partial charge in [-0.3, -0.25) is 9.69 Å². The summed E-state index contributed by atoms with van der Waals surface area (Å²) in [6.07, 6.45) is 3.95. The van der Waals surface area contributed by atoms with Gasteiger partial charge in [0.15, 0.2) is 0 Å². The van der Waals surface area contributed by atoms with Crippen molar-refractivity contribution < 1.29 is 4.79 Å². The minimum Gasteiger partial charge on any atom is -0.354 e. The number of hydrogen-bond donors (Lipinski definition) is 2. The second kappa shape index (κ2) is 9.00. The minimum absolute atomic E-state index is 0.191. The average Bonchev–Trinajstić information content (AvgIpc) is 3.39. The molecule has 2 aliphatic heterocycles. The molecule has 1 aromatic heterocycles. The summed E-state index contributed by atoms with van der Waals surface area (Å²) in [4.78, 5) is 16.5. The van der Waals surface area contributed by atoms with E-state index in [2.05, 4.69) is 57.3 Å². The number of nitrogens with zero attached hydrogens (tertiary/aromatic N) is 1. The number of amides is 1. The zero-order chi connectivity index (χ0) is 18.5. The first-order chi connectivity index (χ1) is 13.3. The molecule has 1 fully saturated rings. The number of benzene rings is 1. The van der Waals surface area contributed by atoms with E-state index in [1.165, 1.54) is 22.4 Å². The Morgan fingerprint density at radius 1 is 1.30 bits per heavy atom. The number of carbonyl (C=O) groups excluding carboxylic acids is 1. The fraction of sp³-hybridized carbons (Fsp3) is 0.500. The van der Waals surface area contributed by atoms with Gasteiger partial charge in [-0.25, -0.2) is 0 Å². The van der Waals surface area contributed by atoms with Gasteiger partial charge in [-0.1, -0.05) is 30.3 Å². The predicted molar refractivity (Wildman–Crippen MR) is 111 cm³/mol. The van der Waals surface area contributed by atoms with Crippen molar-refractivity contribution in [2.45, 2.75) is 38.3 Å². The summed E-state index contributed by atoms with van der Waals surface area (Å²) in [5, 5.41) is 8.80. The molecule has 1 aromatic carbocycles. The first-order valence-corrected chi connectivity index (χ1v) is 11.0. The first-order valence-electron chi connectivity index (χ1n) is 10.1. The van der Waals surface area contributed by atoms with Crippen LogP contribution in [0.1, 0.15) is 41.3 Å². The van der Waals surface area contributed by atoms with Crippen molar-refractivity contribution in [1.29, 1.82) is 0 Å². The maximum Gasteiger partial charge on any atom is 0.220 e. The summed E-state index contributed by atoms with van der Waals surface area (Å²) < 4.78 is 0. The normalized spacial score (nSPS) is 21.0. The van der Waals surface area contributed by atoms with E-state index in [0.29, 0.717) is 18.9 Å². The molecule has 0 radical (unpaired) electrons. The van der Waals surface area contributed by atoms with Gasteiger partial charge in [0, 0.05) is 30.9 Å². The molecule has 0 aliphatic carbocycles. The van der Waals surface area contributed by atoms with E-state index in [4.69, 9.17) is 0 Å². The van der Waals surface area contributed by atoms with Crippen molar-refractivity contribution in [3.63, 3.8) is 0 Å². The molecule has 5 heteroatoms. The lowest BCUT2D eigenvalue weighted by Crippen LogP contribution is -2.40. The van der Waals surface area contributed by atoms with Gasteiger partial charge in [-0.2, -0.15) is 0 Å². The fourth-order valence-electron chi connectivity index (χ4n) is 4.26. The molecular weight excluding hydrogens is 354 g/mol. The van der Waals surface area contributed by atoms with Gasteiger partial charge in [0.05, 0.1) is 6.04 Å². The highest BCUT2D eigenvalue weighted by Gasteiger charge is 2.26. The van der Waals surface area contributed by atoms with Crippen LogP contribution >= 0.6 is 11.3 Å². The highest BCUT2D eigenvalue weighted by atomic mass is 32.1. The monoisotopic (exact) mass is 383 g/mol. The average molecular weight is 384 g/mol. The molecule has 4 rings (SSSR count). The molecule has 27 heavy (non-hydrogen) atoms. The molecule has 2 aliphatic rings. The second-order valence-electron chi connectivity index (χ2n) is 7.72. The van der Waals surface area contributed by atoms with E-state index in [9.17, 15) is 4.79 Å². The zero-order valence-electron chi connectivity index (χ0n) is 15.8. The quantitative estimate of drug-likeness (QED) is 0.771. The molecule has 0 bridgehead atoms. The van der Waals surface area contributed by atoms with Crippen LogP contribution in [0.25, 0.3) is 0 Å². The summed E-state index contributed by atoms with van der Waals surface area (Å²) in [6, 6.07) is 13.1. The largest absolute Gasteiger partial charge is 0.354 e. The molecular formula is C22H29N3OS. The summed E-state index contributed by atoms with van der Waals surface area (Å²) in [5.41, 5.74) is 2.74. The maximum absolute atomic E-state index is 12.4. The Labute approximate surface area is 166 Å². The van der Waals surface area contributed by atoms with Crippen LogP contribution in [0.4, 0.5) is 0 Å². The molecule has 144 valence electrons. The third-order valence-electron chi connectivity index (χ3n) is 5.90. The van der Waals surface area contributed by atoms with E-state index in [0.717, 1.165) is 39.0 Å². The smallest absolute Gasteiger partial charge is 0.220 e. The third-order valence-corrected chi connectivity index (χ3v) is 6.92. The van der Waals surface area contributed by atoms with Crippen LogP contribution in [0.5, 0.6) is 0 Å². The van der Waals surface area contributed by atoms with Crippen molar-refractivity contribution in [3.8, 4) is 0 Å². The van der Waals surface area contributed by atoms with Crippen molar-refractivity contribution in [2.24, 2.45) is 5.92 Å². The summed E-state index contributed by atoms with van der Waals surface area (Å²) in [6.45, 7) is 4.88. The molecule has 0 saturated carbocycles. The van der Waals surface area contributed by atoms with Gasteiger partial charge in [-0.05, 0) is 60.8 Å². The van der Waals surface area contributed by atoms with Gasteiger partial charge in [0.2, 0.25) is 5.91 Å². The van der Waals surface area contributed by atoms with Crippen LogP contribution in [-0.2, 0) is 17.8 Å². The minimum atomic E-state index is 0.191. The number of hydrogen-bond acceptors (Lipinski definition) is 4. The predicted octanol–water partition coefficient (Wildman–Crippen LogP) is 3.35. The second-order valence-corrected chi connectivity index (χ2v) is 8.72. The van der Waals surface area contributed by atoms with Crippen LogP contribution in [0.3, 0.4) is 0 Å². The zero-order valence-corrected chi connectivity index (χ0v) is 16.6. The number of fused-ring (bicyclic) bond motifs is 1. The molecule has 2 aromatic rings. The molecule has 2 N–H and O–H groups in total. The first kappa shape index (κ1) is 18.7. The number of thiophene rings is 1. The topological polar surface area (TPSA) is 44.4 Å². The molecule has 0 spiro atoms. The molecule has 1 amide bonds. The fourth-order valence-corrected chi connectivity index (χ4v) is 5.15. The van der Waals surface area contributed by atoms with Crippen LogP contribution in [0.2, 0.25) is 0 Å². The summed E-state index contributed by atoms with van der Waals surface area (Å²) in [5.74, 6) is 0.857. The lowest BCUT2D eigenvalue weighted by atomic mass is 10.0. The van der Waals surface area contributed by atoms with E-state index < -0.39 is 0 Å². The highest BCUT2D eigenvalue weighted by molar-refractivity contribution is 7.10. The number of nitrogens with one attached hydrogen (secondary N) is 2. The molecule has 2 atom stereocenters.